The summed E-state index contributed by atoms with van der Waals surface area (Å²) in [5, 5.41) is 25.0. The Hall–Kier alpha value is -2.45. The van der Waals surface area contributed by atoms with Gasteiger partial charge in [-0.15, -0.1) is 0 Å². The zero-order chi connectivity index (χ0) is 37.2. The lowest BCUT2D eigenvalue weighted by atomic mass is 9.97. The number of nitrogens with one attached hydrogen (secondary N) is 1. The summed E-state index contributed by atoms with van der Waals surface area (Å²) in [6, 6.07) is 15.6. The minimum absolute atomic E-state index is 0.140. The molecule has 276 valence electrons. The Morgan fingerprint density at radius 3 is 1.69 bits per heavy atom. The van der Waals surface area contributed by atoms with E-state index < -0.39 is 35.4 Å². The number of hydrogen-bond acceptors (Lipinski definition) is 8. The lowest BCUT2D eigenvalue weighted by Gasteiger charge is -2.43. The first-order valence-electron chi connectivity index (χ1n) is 15.9. The average molecular weight is 738 g/mol. The molecule has 2 aliphatic rings. The summed E-state index contributed by atoms with van der Waals surface area (Å²) in [4.78, 5) is 23.1. The molecule has 49 heavy (non-hydrogen) atoms. The van der Waals surface area contributed by atoms with Gasteiger partial charge in [-0.25, -0.2) is 4.79 Å². The van der Waals surface area contributed by atoms with Crippen LogP contribution >= 0.6 is 23.2 Å². The Bertz CT molecular complexity index is 1300. The van der Waals surface area contributed by atoms with Crippen LogP contribution in [0.1, 0.15) is 59.6 Å². The van der Waals surface area contributed by atoms with Crippen molar-refractivity contribution >= 4 is 35.6 Å². The van der Waals surface area contributed by atoms with Crippen LogP contribution in [-0.4, -0.2) is 101 Å². The smallest absolute Gasteiger partial charge is 0.444 e. The Labute approximate surface area is 297 Å². The number of nitrogens with zero attached hydrogens (tertiary/aromatic N) is 1. The van der Waals surface area contributed by atoms with Crippen LogP contribution in [0.15, 0.2) is 48.5 Å². The number of ether oxygens (including phenoxy) is 3. The second-order valence-electron chi connectivity index (χ2n) is 14.2. The van der Waals surface area contributed by atoms with Crippen molar-refractivity contribution in [1.82, 2.24) is 10.2 Å². The molecule has 0 spiro atoms. The third-order valence-electron chi connectivity index (χ3n) is 7.50. The number of aldehydes is 1. The van der Waals surface area contributed by atoms with Crippen molar-refractivity contribution in [2.45, 2.75) is 109 Å². The van der Waals surface area contributed by atoms with E-state index in [-0.39, 0.29) is 24.8 Å². The molecule has 0 aliphatic carbocycles. The molecule has 2 aromatic rings. The fourth-order valence-corrected chi connectivity index (χ4v) is 5.10. The van der Waals surface area contributed by atoms with E-state index >= 15 is 0 Å². The van der Waals surface area contributed by atoms with Gasteiger partial charge >= 0.3 is 12.3 Å². The molecule has 1 amide bonds. The standard InChI is InChI=1S/C19H28ClNO4.C14H20ClNO2.C2HF3O/c1-18(2,3)25-17(22)21-11-16(19(4,5)23)24-12-15(21)10-13-6-8-14(20)9-7-13;1-14(2,17)13-8-16-12(9-18-13)7-10-3-5-11(15)6-4-10;3-2(4,5)1-6/h6-9,15-16,23H,10-12H2,1-5H3;3-6,12-13,16-17H,7-9H2,1-2H3;1H/t15?,16-;12?,13-;/m11./s1. The molecule has 14 heteroatoms. The van der Waals surface area contributed by atoms with E-state index in [1.165, 1.54) is 5.56 Å². The molecule has 0 saturated carbocycles. The van der Waals surface area contributed by atoms with E-state index in [4.69, 9.17) is 42.2 Å². The molecule has 9 nitrogen and oxygen atoms in total. The van der Waals surface area contributed by atoms with Gasteiger partial charge in [-0.2, -0.15) is 13.2 Å². The molecular weight excluding hydrogens is 688 g/mol. The van der Waals surface area contributed by atoms with Crippen LogP contribution in [0.25, 0.3) is 0 Å². The van der Waals surface area contributed by atoms with Crippen LogP contribution in [0.3, 0.4) is 0 Å². The molecule has 2 fully saturated rings. The van der Waals surface area contributed by atoms with Crippen molar-refractivity contribution in [3.8, 4) is 0 Å². The largest absolute Gasteiger partial charge is 0.446 e. The van der Waals surface area contributed by atoms with Gasteiger partial charge in [0.1, 0.15) is 11.7 Å². The molecule has 2 aromatic carbocycles. The van der Waals surface area contributed by atoms with Gasteiger partial charge in [0.25, 0.3) is 0 Å². The van der Waals surface area contributed by atoms with Crippen LogP contribution in [0.5, 0.6) is 0 Å². The fraction of sp³-hybridized carbons (Fsp3) is 0.600. The van der Waals surface area contributed by atoms with Gasteiger partial charge in [-0.05, 0) is 96.7 Å². The zero-order valence-electron chi connectivity index (χ0n) is 29.0. The number of amides is 1. The second kappa shape index (κ2) is 18.2. The maximum absolute atomic E-state index is 12.7. The molecular formula is C35H49Cl2F3N2O7. The van der Waals surface area contributed by atoms with Gasteiger partial charge in [0, 0.05) is 22.6 Å². The number of alkyl halides is 3. The Balaban J connectivity index is 0.000000302. The molecule has 4 atom stereocenters. The Kier molecular flexibility index (Phi) is 15.8. The summed E-state index contributed by atoms with van der Waals surface area (Å²) in [5.74, 6) is 0. The maximum atomic E-state index is 12.7. The first-order chi connectivity index (χ1) is 22.5. The van der Waals surface area contributed by atoms with E-state index in [0.29, 0.717) is 37.2 Å². The summed E-state index contributed by atoms with van der Waals surface area (Å²) < 4.78 is 48.4. The normalized spacial score (nSPS) is 21.8. The molecule has 0 radical (unpaired) electrons. The lowest BCUT2D eigenvalue weighted by molar-refractivity contribution is -0.156. The topological polar surface area (TPSA) is 118 Å². The van der Waals surface area contributed by atoms with Gasteiger partial charge in [0.15, 0.2) is 0 Å². The highest BCUT2D eigenvalue weighted by Crippen LogP contribution is 2.25. The predicted octanol–water partition coefficient (Wildman–Crippen LogP) is 6.42. The number of carbonyl (C=O) groups is 2. The Morgan fingerprint density at radius 1 is 0.857 bits per heavy atom. The molecule has 0 bridgehead atoms. The minimum atomic E-state index is -4.64. The summed E-state index contributed by atoms with van der Waals surface area (Å²) in [6.07, 6.45) is -5.14. The lowest BCUT2D eigenvalue weighted by Crippen LogP contribution is -2.59. The number of aliphatic hydroxyl groups is 2. The van der Waals surface area contributed by atoms with Crippen molar-refractivity contribution in [2.75, 3.05) is 26.3 Å². The average Bonchev–Trinajstić information content (AvgIpc) is 2.98. The number of benzene rings is 2. The third kappa shape index (κ3) is 16.4. The highest BCUT2D eigenvalue weighted by Gasteiger charge is 2.40. The molecule has 0 aromatic heterocycles. The van der Waals surface area contributed by atoms with E-state index in [0.717, 1.165) is 17.0 Å². The molecule has 2 aliphatic heterocycles. The number of carbonyl (C=O) groups excluding carboxylic acids is 2. The van der Waals surface area contributed by atoms with E-state index in [1.54, 1.807) is 32.6 Å². The summed E-state index contributed by atoms with van der Waals surface area (Å²) in [6.45, 7) is 14.4. The van der Waals surface area contributed by atoms with E-state index in [2.05, 4.69) is 5.32 Å². The van der Waals surface area contributed by atoms with Gasteiger partial charge in [0.05, 0.1) is 43.1 Å². The van der Waals surface area contributed by atoms with Gasteiger partial charge < -0.3 is 29.7 Å². The van der Waals surface area contributed by atoms with Crippen LogP contribution in [0.4, 0.5) is 18.0 Å². The van der Waals surface area contributed by atoms with Crippen molar-refractivity contribution in [1.29, 1.82) is 0 Å². The summed E-state index contributed by atoms with van der Waals surface area (Å²) in [7, 11) is 0. The van der Waals surface area contributed by atoms with Crippen molar-refractivity contribution < 1.29 is 47.2 Å². The molecule has 3 N–H and O–H groups in total. The van der Waals surface area contributed by atoms with Gasteiger partial charge in [-0.3, -0.25) is 9.69 Å². The molecule has 2 saturated heterocycles. The van der Waals surface area contributed by atoms with Crippen molar-refractivity contribution in [3.05, 3.63) is 69.7 Å². The predicted molar refractivity (Wildman–Crippen MR) is 183 cm³/mol. The number of morpholine rings is 2. The monoisotopic (exact) mass is 736 g/mol. The quantitative estimate of drug-likeness (QED) is 0.291. The fourth-order valence-electron chi connectivity index (χ4n) is 4.84. The van der Waals surface area contributed by atoms with E-state index in [9.17, 15) is 28.2 Å². The second-order valence-corrected chi connectivity index (χ2v) is 15.0. The first kappa shape index (κ1) is 42.7. The number of rotatable bonds is 6. The summed E-state index contributed by atoms with van der Waals surface area (Å²) >= 11 is 11.8. The number of halogens is 5. The highest BCUT2D eigenvalue weighted by molar-refractivity contribution is 6.30. The molecule has 2 heterocycles. The van der Waals surface area contributed by atoms with Crippen LogP contribution in [-0.2, 0) is 31.8 Å². The van der Waals surface area contributed by atoms with Gasteiger partial charge in [-0.1, -0.05) is 47.5 Å². The molecule has 4 rings (SSSR count). The summed E-state index contributed by atoms with van der Waals surface area (Å²) in [5.41, 5.74) is -0.107. The van der Waals surface area contributed by atoms with Crippen LogP contribution in [0, 0.1) is 0 Å². The van der Waals surface area contributed by atoms with Crippen molar-refractivity contribution in [3.63, 3.8) is 0 Å². The highest BCUT2D eigenvalue weighted by atomic mass is 35.5. The third-order valence-corrected chi connectivity index (χ3v) is 8.01. The zero-order valence-corrected chi connectivity index (χ0v) is 30.5. The van der Waals surface area contributed by atoms with Crippen LogP contribution < -0.4 is 5.32 Å². The van der Waals surface area contributed by atoms with Gasteiger partial charge in [0.2, 0.25) is 6.29 Å². The molecule has 2 unspecified atom stereocenters. The first-order valence-corrected chi connectivity index (χ1v) is 16.7. The Morgan fingerprint density at radius 2 is 1.31 bits per heavy atom. The minimum Gasteiger partial charge on any atom is -0.444 e. The maximum Gasteiger partial charge on any atom is 0.446 e. The SMILES string of the molecule is CC(C)(C)OC(=O)N1C[C@H](C(C)(C)O)OCC1Cc1ccc(Cl)cc1.CC(C)(O)[C@H]1CNC(Cc2ccc(Cl)cc2)CO1.O=CC(F)(F)F. The van der Waals surface area contributed by atoms with Crippen LogP contribution in [0.2, 0.25) is 10.0 Å². The van der Waals surface area contributed by atoms with Crippen molar-refractivity contribution in [2.24, 2.45) is 0 Å². The number of hydrogen-bond donors (Lipinski definition) is 3. The van der Waals surface area contributed by atoms with E-state index in [1.807, 2.05) is 69.3 Å².